The minimum Gasteiger partial charge on any atom is -0.295 e. The number of rotatable bonds is 9. The van der Waals surface area contributed by atoms with Crippen molar-refractivity contribution in [3.8, 4) is 0 Å². The standard InChI is InChI=1S/C24H25NO/c1-3-5-14-25(15-6-4-2)18-24(26)22-13-9-12-21-16-19-10-7-8-11-20(19)17-23(21)22/h3-4,7-13,16-17H,1-2,5-6,14-15,18H2. The molecule has 0 atom stereocenters. The van der Waals surface area contributed by atoms with Gasteiger partial charge in [0.2, 0.25) is 0 Å². The highest BCUT2D eigenvalue weighted by molar-refractivity contribution is 6.12. The van der Waals surface area contributed by atoms with Gasteiger partial charge in [0, 0.05) is 18.7 Å². The topological polar surface area (TPSA) is 20.3 Å². The summed E-state index contributed by atoms with van der Waals surface area (Å²) in [5, 5.41) is 4.50. The van der Waals surface area contributed by atoms with Gasteiger partial charge in [-0.2, -0.15) is 0 Å². The number of nitrogens with zero attached hydrogens (tertiary/aromatic N) is 1. The first-order valence-corrected chi connectivity index (χ1v) is 9.12. The van der Waals surface area contributed by atoms with Crippen LogP contribution in [0, 0.1) is 0 Å². The van der Waals surface area contributed by atoms with Crippen LogP contribution in [0.5, 0.6) is 0 Å². The van der Waals surface area contributed by atoms with Gasteiger partial charge < -0.3 is 0 Å². The Labute approximate surface area is 155 Å². The summed E-state index contributed by atoms with van der Waals surface area (Å²) in [5.41, 5.74) is 0.801. The normalized spacial score (nSPS) is 11.1. The van der Waals surface area contributed by atoms with Gasteiger partial charge >= 0.3 is 0 Å². The lowest BCUT2D eigenvalue weighted by Crippen LogP contribution is -2.31. The van der Waals surface area contributed by atoms with E-state index in [0.29, 0.717) is 6.54 Å². The van der Waals surface area contributed by atoms with E-state index < -0.39 is 0 Å². The van der Waals surface area contributed by atoms with E-state index >= 15 is 0 Å². The van der Waals surface area contributed by atoms with Crippen LogP contribution < -0.4 is 0 Å². The lowest BCUT2D eigenvalue weighted by Gasteiger charge is -2.20. The minimum atomic E-state index is 0.166. The lowest BCUT2D eigenvalue weighted by atomic mass is 9.97. The SMILES string of the molecule is C=CCCN(CCC=C)CC(=O)c1cccc2cc3ccccc3cc12. The fourth-order valence-corrected chi connectivity index (χ4v) is 3.32. The van der Waals surface area contributed by atoms with Crippen LogP contribution in [0.4, 0.5) is 0 Å². The zero-order chi connectivity index (χ0) is 18.4. The number of hydrogen-bond donors (Lipinski definition) is 0. The van der Waals surface area contributed by atoms with Gasteiger partial charge in [-0.25, -0.2) is 0 Å². The maximum absolute atomic E-state index is 13.0. The molecular formula is C24H25NO. The van der Waals surface area contributed by atoms with Crippen LogP contribution in [0.2, 0.25) is 0 Å². The van der Waals surface area contributed by atoms with Crippen LogP contribution >= 0.6 is 0 Å². The van der Waals surface area contributed by atoms with Crippen LogP contribution in [0.3, 0.4) is 0 Å². The predicted molar refractivity (Wildman–Crippen MR) is 112 cm³/mol. The Morgan fingerprint density at radius 1 is 0.846 bits per heavy atom. The van der Waals surface area contributed by atoms with Gasteiger partial charge in [0.1, 0.15) is 0 Å². The second-order valence-corrected chi connectivity index (χ2v) is 6.58. The molecular weight excluding hydrogens is 318 g/mol. The van der Waals surface area contributed by atoms with E-state index in [2.05, 4.69) is 48.4 Å². The Morgan fingerprint density at radius 2 is 1.46 bits per heavy atom. The van der Waals surface area contributed by atoms with Crippen molar-refractivity contribution in [1.82, 2.24) is 4.90 Å². The van der Waals surface area contributed by atoms with Crippen LogP contribution in [0.15, 0.2) is 79.9 Å². The second kappa shape index (κ2) is 8.59. The maximum atomic E-state index is 13.0. The molecule has 3 aromatic carbocycles. The Bertz CT molecular complexity index is 929. The molecule has 0 aliphatic heterocycles. The molecule has 0 aliphatic rings. The first-order valence-electron chi connectivity index (χ1n) is 9.12. The van der Waals surface area contributed by atoms with Crippen molar-refractivity contribution in [1.29, 1.82) is 0 Å². The molecule has 0 bridgehead atoms. The van der Waals surface area contributed by atoms with Crippen molar-refractivity contribution >= 4 is 27.3 Å². The summed E-state index contributed by atoms with van der Waals surface area (Å²) in [6, 6.07) is 18.6. The third kappa shape index (κ3) is 4.09. The maximum Gasteiger partial charge on any atom is 0.177 e. The van der Waals surface area contributed by atoms with Crippen molar-refractivity contribution in [2.75, 3.05) is 19.6 Å². The molecule has 3 aromatic rings. The van der Waals surface area contributed by atoms with E-state index in [9.17, 15) is 4.79 Å². The first-order chi connectivity index (χ1) is 12.7. The van der Waals surface area contributed by atoms with Crippen LogP contribution in [-0.4, -0.2) is 30.3 Å². The summed E-state index contributed by atoms with van der Waals surface area (Å²) in [5.74, 6) is 0.166. The fourth-order valence-electron chi connectivity index (χ4n) is 3.32. The minimum absolute atomic E-state index is 0.166. The summed E-state index contributed by atoms with van der Waals surface area (Å²) in [7, 11) is 0. The molecule has 0 amide bonds. The van der Waals surface area contributed by atoms with Gasteiger partial charge in [-0.3, -0.25) is 9.69 Å². The average molecular weight is 343 g/mol. The zero-order valence-corrected chi connectivity index (χ0v) is 15.2. The molecule has 132 valence electrons. The lowest BCUT2D eigenvalue weighted by molar-refractivity contribution is 0.0934. The van der Waals surface area contributed by atoms with Gasteiger partial charge in [0.25, 0.3) is 0 Å². The van der Waals surface area contributed by atoms with Gasteiger partial charge in [-0.1, -0.05) is 54.6 Å². The van der Waals surface area contributed by atoms with Gasteiger partial charge in [-0.05, 0) is 46.5 Å². The molecule has 2 nitrogen and oxygen atoms in total. The Balaban J connectivity index is 1.92. The quantitative estimate of drug-likeness (QED) is 0.285. The van der Waals surface area contributed by atoms with Crippen LogP contribution in [0.1, 0.15) is 23.2 Å². The molecule has 0 heterocycles. The molecule has 0 saturated heterocycles. The summed E-state index contributed by atoms with van der Waals surface area (Å²) in [6.07, 6.45) is 5.56. The van der Waals surface area contributed by atoms with Crippen molar-refractivity contribution in [2.45, 2.75) is 12.8 Å². The van der Waals surface area contributed by atoms with E-state index in [1.165, 1.54) is 5.39 Å². The number of ketones is 1. The molecule has 0 aliphatic carbocycles. The third-order valence-electron chi connectivity index (χ3n) is 4.71. The highest BCUT2D eigenvalue weighted by Gasteiger charge is 2.14. The molecule has 0 aromatic heterocycles. The summed E-state index contributed by atoms with van der Waals surface area (Å²) in [6.45, 7) is 9.69. The number of fused-ring (bicyclic) bond motifs is 2. The predicted octanol–water partition coefficient (Wildman–Crippen LogP) is 5.63. The van der Waals surface area contributed by atoms with Crippen molar-refractivity contribution in [3.05, 3.63) is 85.5 Å². The second-order valence-electron chi connectivity index (χ2n) is 6.58. The molecule has 0 unspecified atom stereocenters. The Kier molecular flexibility index (Phi) is 5.98. The van der Waals surface area contributed by atoms with E-state index in [4.69, 9.17) is 0 Å². The van der Waals surface area contributed by atoms with Gasteiger partial charge in [-0.15, -0.1) is 13.2 Å². The largest absolute Gasteiger partial charge is 0.295 e. The van der Waals surface area contributed by atoms with E-state index in [0.717, 1.165) is 47.7 Å². The Morgan fingerprint density at radius 3 is 2.12 bits per heavy atom. The van der Waals surface area contributed by atoms with Crippen LogP contribution in [-0.2, 0) is 0 Å². The molecule has 0 fully saturated rings. The van der Waals surface area contributed by atoms with E-state index in [-0.39, 0.29) is 5.78 Å². The summed E-state index contributed by atoms with van der Waals surface area (Å²) in [4.78, 5) is 15.2. The number of carbonyl (C=O) groups is 1. The molecule has 26 heavy (non-hydrogen) atoms. The molecule has 3 rings (SSSR count). The summed E-state index contributed by atoms with van der Waals surface area (Å²) >= 11 is 0. The average Bonchev–Trinajstić information content (AvgIpc) is 2.67. The number of hydrogen-bond acceptors (Lipinski definition) is 2. The molecule has 0 N–H and O–H groups in total. The van der Waals surface area contributed by atoms with Crippen molar-refractivity contribution < 1.29 is 4.79 Å². The first kappa shape index (κ1) is 18.1. The van der Waals surface area contributed by atoms with E-state index in [1.54, 1.807) is 0 Å². The van der Waals surface area contributed by atoms with Crippen molar-refractivity contribution in [3.63, 3.8) is 0 Å². The summed E-state index contributed by atoms with van der Waals surface area (Å²) < 4.78 is 0. The Hall–Kier alpha value is -2.71. The van der Waals surface area contributed by atoms with Gasteiger partial charge in [0.15, 0.2) is 5.78 Å². The fraction of sp³-hybridized carbons (Fsp3) is 0.208. The van der Waals surface area contributed by atoms with Crippen LogP contribution in [0.25, 0.3) is 21.5 Å². The molecule has 2 heteroatoms. The molecule has 0 radical (unpaired) electrons. The van der Waals surface area contributed by atoms with E-state index in [1.807, 2.05) is 36.4 Å². The smallest absolute Gasteiger partial charge is 0.177 e. The van der Waals surface area contributed by atoms with Gasteiger partial charge in [0.05, 0.1) is 6.54 Å². The number of carbonyl (C=O) groups excluding carboxylic acids is 1. The monoisotopic (exact) mass is 343 g/mol. The molecule has 0 spiro atoms. The zero-order valence-electron chi connectivity index (χ0n) is 15.2. The number of Topliss-reactive ketones (excluding diaryl/α,β-unsaturated/α-hetero) is 1. The highest BCUT2D eigenvalue weighted by atomic mass is 16.1. The third-order valence-corrected chi connectivity index (χ3v) is 4.71. The molecule has 0 saturated carbocycles. The highest BCUT2D eigenvalue weighted by Crippen LogP contribution is 2.26. The van der Waals surface area contributed by atoms with Crippen molar-refractivity contribution in [2.24, 2.45) is 0 Å². The number of benzene rings is 3.